The Hall–Kier alpha value is -1.20. The van der Waals surface area contributed by atoms with Crippen molar-refractivity contribution in [1.82, 2.24) is 10.2 Å². The predicted molar refractivity (Wildman–Crippen MR) is 96.2 cm³/mol. The number of nitrogens with two attached hydrogens (primary N) is 1. The fourth-order valence-corrected chi connectivity index (χ4v) is 2.97. The molecule has 3 N–H and O–H groups in total. The summed E-state index contributed by atoms with van der Waals surface area (Å²) in [4.78, 5) is 15.4. The Morgan fingerprint density at radius 3 is 2.50 bits per heavy atom. The lowest BCUT2D eigenvalue weighted by Crippen LogP contribution is -2.34. The van der Waals surface area contributed by atoms with Gasteiger partial charge in [0.25, 0.3) is 0 Å². The molecule has 0 heterocycles. The highest BCUT2D eigenvalue weighted by molar-refractivity contribution is 8.00. The lowest BCUT2D eigenvalue weighted by atomic mass is 10.2. The number of benzene rings is 1. The van der Waals surface area contributed by atoms with Crippen molar-refractivity contribution < 1.29 is 4.79 Å². The Morgan fingerprint density at radius 2 is 1.91 bits per heavy atom. The van der Waals surface area contributed by atoms with Crippen LogP contribution >= 0.6 is 11.8 Å². The summed E-state index contributed by atoms with van der Waals surface area (Å²) in [5.74, 6) is 0.543. The Labute approximate surface area is 138 Å². The molecule has 1 aromatic carbocycles. The van der Waals surface area contributed by atoms with Gasteiger partial charge in [0.05, 0.1) is 5.75 Å². The summed E-state index contributed by atoms with van der Waals surface area (Å²) in [5.41, 5.74) is 6.39. The van der Waals surface area contributed by atoms with Crippen LogP contribution in [-0.2, 0) is 4.79 Å². The van der Waals surface area contributed by atoms with E-state index in [9.17, 15) is 4.79 Å². The second-order valence-electron chi connectivity index (χ2n) is 5.50. The molecular weight excluding hydrogens is 294 g/mol. The first-order chi connectivity index (χ1) is 10.5. The zero-order valence-corrected chi connectivity index (χ0v) is 14.8. The Morgan fingerprint density at radius 1 is 1.27 bits per heavy atom. The van der Waals surface area contributed by atoms with Crippen molar-refractivity contribution in [1.29, 1.82) is 0 Å². The van der Waals surface area contributed by atoms with Gasteiger partial charge >= 0.3 is 0 Å². The van der Waals surface area contributed by atoms with E-state index in [4.69, 9.17) is 5.73 Å². The standard InChI is InChI=1S/C17H29N3OS/c1-4-20(5-2)12-6-7-14(3)19-17(21)13-22-16-10-8-15(18)9-11-16/h8-11,14H,4-7,12-13,18H2,1-3H3,(H,19,21). The lowest BCUT2D eigenvalue weighted by molar-refractivity contribution is -0.119. The molecule has 0 saturated heterocycles. The highest BCUT2D eigenvalue weighted by atomic mass is 32.2. The van der Waals surface area contributed by atoms with Gasteiger partial charge in [-0.2, -0.15) is 0 Å². The molecular formula is C17H29N3OS. The summed E-state index contributed by atoms with van der Waals surface area (Å²) in [7, 11) is 0. The molecule has 0 aliphatic carbocycles. The molecule has 0 aliphatic rings. The van der Waals surface area contributed by atoms with Crippen LogP contribution in [0.25, 0.3) is 0 Å². The lowest BCUT2D eigenvalue weighted by Gasteiger charge is -2.19. The zero-order chi connectivity index (χ0) is 16.4. The quantitative estimate of drug-likeness (QED) is 0.513. The highest BCUT2D eigenvalue weighted by Crippen LogP contribution is 2.18. The summed E-state index contributed by atoms with van der Waals surface area (Å²) < 4.78 is 0. The average Bonchev–Trinajstić information content (AvgIpc) is 2.51. The van der Waals surface area contributed by atoms with Crippen LogP contribution in [0.4, 0.5) is 5.69 Å². The smallest absolute Gasteiger partial charge is 0.230 e. The molecule has 22 heavy (non-hydrogen) atoms. The third-order valence-corrected chi connectivity index (χ3v) is 4.68. The number of carbonyl (C=O) groups excluding carboxylic acids is 1. The first kappa shape index (κ1) is 18.8. The van der Waals surface area contributed by atoms with Gasteiger partial charge in [-0.15, -0.1) is 11.8 Å². The van der Waals surface area contributed by atoms with Crippen LogP contribution in [0.3, 0.4) is 0 Å². The van der Waals surface area contributed by atoms with Gasteiger partial charge in [0.2, 0.25) is 5.91 Å². The molecule has 0 spiro atoms. The molecule has 124 valence electrons. The molecule has 0 bridgehead atoms. The van der Waals surface area contributed by atoms with Gasteiger partial charge in [0.1, 0.15) is 0 Å². The van der Waals surface area contributed by atoms with Crippen LogP contribution < -0.4 is 11.1 Å². The fraction of sp³-hybridized carbons (Fsp3) is 0.588. The van der Waals surface area contributed by atoms with E-state index in [0.29, 0.717) is 5.75 Å². The van der Waals surface area contributed by atoms with E-state index in [1.54, 1.807) is 0 Å². The number of nitrogens with zero attached hydrogens (tertiary/aromatic N) is 1. The van der Waals surface area contributed by atoms with E-state index in [1.165, 1.54) is 11.8 Å². The molecule has 1 unspecified atom stereocenters. The van der Waals surface area contributed by atoms with Crippen LogP contribution in [0.2, 0.25) is 0 Å². The second kappa shape index (κ2) is 10.5. The van der Waals surface area contributed by atoms with Crippen molar-refractivity contribution in [2.24, 2.45) is 0 Å². The number of thioether (sulfide) groups is 1. The number of rotatable bonds is 10. The van der Waals surface area contributed by atoms with Gasteiger partial charge in [-0.1, -0.05) is 13.8 Å². The number of anilines is 1. The number of hydrogen-bond acceptors (Lipinski definition) is 4. The maximum absolute atomic E-state index is 11.9. The van der Waals surface area contributed by atoms with Gasteiger partial charge in [0, 0.05) is 16.6 Å². The van der Waals surface area contributed by atoms with E-state index in [0.717, 1.165) is 43.1 Å². The number of hydrogen-bond donors (Lipinski definition) is 2. The first-order valence-electron chi connectivity index (χ1n) is 8.05. The van der Waals surface area contributed by atoms with Crippen molar-refractivity contribution in [3.63, 3.8) is 0 Å². The normalized spacial score (nSPS) is 12.4. The van der Waals surface area contributed by atoms with E-state index >= 15 is 0 Å². The van der Waals surface area contributed by atoms with Gasteiger partial charge in [-0.05, 0) is 63.7 Å². The molecule has 1 aromatic rings. The third-order valence-electron chi connectivity index (χ3n) is 3.66. The molecule has 1 atom stereocenters. The molecule has 0 aromatic heterocycles. The third kappa shape index (κ3) is 7.71. The summed E-state index contributed by atoms with van der Waals surface area (Å²) in [5, 5.41) is 3.07. The van der Waals surface area contributed by atoms with Crippen molar-refractivity contribution in [2.45, 2.75) is 44.6 Å². The second-order valence-corrected chi connectivity index (χ2v) is 6.54. The van der Waals surface area contributed by atoms with Crippen LogP contribution in [0.1, 0.15) is 33.6 Å². The van der Waals surface area contributed by atoms with Crippen molar-refractivity contribution in [3.05, 3.63) is 24.3 Å². The van der Waals surface area contributed by atoms with Crippen LogP contribution in [0, 0.1) is 0 Å². The van der Waals surface area contributed by atoms with Crippen molar-refractivity contribution in [3.8, 4) is 0 Å². The van der Waals surface area contributed by atoms with Crippen LogP contribution in [-0.4, -0.2) is 42.2 Å². The number of nitrogen functional groups attached to an aromatic ring is 1. The van der Waals surface area contributed by atoms with E-state index in [-0.39, 0.29) is 11.9 Å². The van der Waals surface area contributed by atoms with Crippen molar-refractivity contribution >= 4 is 23.4 Å². The highest BCUT2D eigenvalue weighted by Gasteiger charge is 2.08. The van der Waals surface area contributed by atoms with E-state index < -0.39 is 0 Å². The molecule has 1 amide bonds. The summed E-state index contributed by atoms with van der Waals surface area (Å²) in [6, 6.07) is 7.84. The fourth-order valence-electron chi connectivity index (χ4n) is 2.26. The minimum atomic E-state index is 0.0946. The van der Waals surface area contributed by atoms with Gasteiger partial charge in [-0.25, -0.2) is 0 Å². The Bertz CT molecular complexity index is 432. The first-order valence-corrected chi connectivity index (χ1v) is 9.03. The van der Waals surface area contributed by atoms with Gasteiger partial charge in [-0.3, -0.25) is 4.79 Å². The maximum atomic E-state index is 11.9. The topological polar surface area (TPSA) is 58.4 Å². The average molecular weight is 324 g/mol. The number of carbonyl (C=O) groups is 1. The largest absolute Gasteiger partial charge is 0.399 e. The predicted octanol–water partition coefficient (Wildman–Crippen LogP) is 2.99. The van der Waals surface area contributed by atoms with Crippen LogP contribution in [0.5, 0.6) is 0 Å². The molecule has 0 fully saturated rings. The molecule has 1 rings (SSSR count). The van der Waals surface area contributed by atoms with Crippen molar-refractivity contribution in [2.75, 3.05) is 31.1 Å². The van der Waals surface area contributed by atoms with Gasteiger partial charge in [0.15, 0.2) is 0 Å². The summed E-state index contributed by atoms with van der Waals surface area (Å²) >= 11 is 1.54. The van der Waals surface area contributed by atoms with E-state index in [1.807, 2.05) is 24.3 Å². The molecule has 4 nitrogen and oxygen atoms in total. The maximum Gasteiger partial charge on any atom is 0.230 e. The SMILES string of the molecule is CCN(CC)CCCC(C)NC(=O)CSc1ccc(N)cc1. The van der Waals surface area contributed by atoms with Gasteiger partial charge < -0.3 is 16.0 Å². The molecule has 0 radical (unpaired) electrons. The minimum Gasteiger partial charge on any atom is -0.399 e. The number of amides is 1. The van der Waals surface area contributed by atoms with Crippen LogP contribution in [0.15, 0.2) is 29.2 Å². The molecule has 0 aliphatic heterocycles. The Kier molecular flexibility index (Phi) is 9.01. The summed E-state index contributed by atoms with van der Waals surface area (Å²) in [6.45, 7) is 9.73. The molecule has 5 heteroatoms. The van der Waals surface area contributed by atoms with E-state index in [2.05, 4.69) is 31.0 Å². The minimum absolute atomic E-state index is 0.0946. The monoisotopic (exact) mass is 323 g/mol. The zero-order valence-electron chi connectivity index (χ0n) is 14.0. The molecule has 0 saturated carbocycles. The summed E-state index contributed by atoms with van der Waals surface area (Å²) in [6.07, 6.45) is 2.14. The number of nitrogens with one attached hydrogen (secondary N) is 1. The Balaban J connectivity index is 2.19.